The first-order chi connectivity index (χ1) is 15.3. The molecular formula is C25H24N4OS. The molecule has 0 bridgehead atoms. The predicted octanol–water partition coefficient (Wildman–Crippen LogP) is 5.69. The summed E-state index contributed by atoms with van der Waals surface area (Å²) in [5.41, 5.74) is 4.25. The van der Waals surface area contributed by atoms with Gasteiger partial charge in [0, 0.05) is 36.4 Å². The molecule has 1 fully saturated rings. The molecule has 0 radical (unpaired) electrons. The Bertz CT molecular complexity index is 1150. The molecule has 31 heavy (non-hydrogen) atoms. The summed E-state index contributed by atoms with van der Waals surface area (Å²) in [6.07, 6.45) is 8.91. The molecule has 6 heteroatoms. The maximum atomic E-state index is 12.9. The minimum absolute atomic E-state index is 0.131. The minimum Gasteiger partial charge on any atom is -0.339 e. The first-order valence-corrected chi connectivity index (χ1v) is 11.5. The summed E-state index contributed by atoms with van der Waals surface area (Å²) >= 11 is 1.51. The van der Waals surface area contributed by atoms with Crippen LogP contribution in [-0.4, -0.2) is 20.4 Å². The van der Waals surface area contributed by atoms with Gasteiger partial charge in [0.25, 0.3) is 5.91 Å². The zero-order chi connectivity index (χ0) is 21.0. The summed E-state index contributed by atoms with van der Waals surface area (Å²) < 4.78 is 1.95. The smallest absolute Gasteiger partial charge is 0.274 e. The summed E-state index contributed by atoms with van der Waals surface area (Å²) in [7, 11) is 0. The van der Waals surface area contributed by atoms with Crippen molar-refractivity contribution in [3.63, 3.8) is 0 Å². The zero-order valence-corrected chi connectivity index (χ0v) is 18.0. The normalized spacial score (nSPS) is 18.2. The number of carbonyl (C=O) groups excluding carboxylic acids is 1. The summed E-state index contributed by atoms with van der Waals surface area (Å²) in [6.45, 7) is 0.629. The van der Waals surface area contributed by atoms with Crippen LogP contribution in [0.1, 0.15) is 58.4 Å². The van der Waals surface area contributed by atoms with E-state index in [-0.39, 0.29) is 5.91 Å². The SMILES string of the molecule is O=C(Nc1nc([C@@H]2CC[C@@H](c3ccccc3)C2)cs1)c1cccn1Cc1ccncc1. The third kappa shape index (κ3) is 4.44. The van der Waals surface area contributed by atoms with Crippen molar-refractivity contribution in [2.24, 2.45) is 0 Å². The van der Waals surface area contributed by atoms with Crippen molar-refractivity contribution in [2.45, 2.75) is 37.6 Å². The number of nitrogens with zero attached hydrogens (tertiary/aromatic N) is 3. The van der Waals surface area contributed by atoms with E-state index in [4.69, 9.17) is 4.98 Å². The zero-order valence-electron chi connectivity index (χ0n) is 17.1. The Morgan fingerprint density at radius 3 is 2.68 bits per heavy atom. The molecule has 1 N–H and O–H groups in total. The highest BCUT2D eigenvalue weighted by molar-refractivity contribution is 7.14. The van der Waals surface area contributed by atoms with Crippen LogP contribution >= 0.6 is 11.3 Å². The highest BCUT2D eigenvalue weighted by atomic mass is 32.1. The van der Waals surface area contributed by atoms with Crippen molar-refractivity contribution in [2.75, 3.05) is 5.32 Å². The monoisotopic (exact) mass is 428 g/mol. The van der Waals surface area contributed by atoms with Crippen LogP contribution in [0, 0.1) is 0 Å². The van der Waals surface area contributed by atoms with Gasteiger partial charge < -0.3 is 4.57 Å². The van der Waals surface area contributed by atoms with Crippen molar-refractivity contribution >= 4 is 22.4 Å². The third-order valence-corrected chi connectivity index (χ3v) is 6.80. The second-order valence-electron chi connectivity index (χ2n) is 8.03. The number of pyridine rings is 1. The fourth-order valence-electron chi connectivity index (χ4n) is 4.41. The predicted molar refractivity (Wildman–Crippen MR) is 124 cm³/mol. The third-order valence-electron chi connectivity index (χ3n) is 6.03. The Morgan fingerprint density at radius 1 is 1.03 bits per heavy atom. The number of rotatable bonds is 6. The topological polar surface area (TPSA) is 59.8 Å². The second kappa shape index (κ2) is 8.86. The lowest BCUT2D eigenvalue weighted by molar-refractivity contribution is 0.101. The van der Waals surface area contributed by atoms with Crippen molar-refractivity contribution in [1.82, 2.24) is 14.5 Å². The van der Waals surface area contributed by atoms with Crippen molar-refractivity contribution < 1.29 is 4.79 Å². The lowest BCUT2D eigenvalue weighted by Gasteiger charge is -2.10. The molecule has 5 rings (SSSR count). The van der Waals surface area contributed by atoms with Gasteiger partial charge in [0.15, 0.2) is 5.13 Å². The minimum atomic E-state index is -0.131. The number of thiazole rings is 1. The summed E-state index contributed by atoms with van der Waals surface area (Å²) in [6, 6.07) is 18.4. The summed E-state index contributed by atoms with van der Waals surface area (Å²) in [5, 5.41) is 5.76. The number of benzene rings is 1. The molecule has 1 aliphatic rings. The molecule has 0 spiro atoms. The van der Waals surface area contributed by atoms with Gasteiger partial charge >= 0.3 is 0 Å². The molecule has 3 heterocycles. The highest BCUT2D eigenvalue weighted by Gasteiger charge is 2.28. The second-order valence-corrected chi connectivity index (χ2v) is 8.88. The van der Waals surface area contributed by atoms with Crippen molar-refractivity contribution in [1.29, 1.82) is 0 Å². The van der Waals surface area contributed by atoms with Crippen LogP contribution in [0.4, 0.5) is 5.13 Å². The molecule has 0 unspecified atom stereocenters. The largest absolute Gasteiger partial charge is 0.339 e. The van der Waals surface area contributed by atoms with E-state index in [0.717, 1.165) is 24.1 Å². The molecule has 3 aromatic heterocycles. The van der Waals surface area contributed by atoms with E-state index in [1.54, 1.807) is 12.4 Å². The fraction of sp³-hybridized carbons (Fsp3) is 0.240. The number of hydrogen-bond donors (Lipinski definition) is 1. The maximum absolute atomic E-state index is 12.9. The van der Waals surface area contributed by atoms with Gasteiger partial charge in [0.1, 0.15) is 5.69 Å². The van der Waals surface area contributed by atoms with Gasteiger partial charge in [0.05, 0.1) is 5.69 Å². The number of amides is 1. The summed E-state index contributed by atoms with van der Waals surface area (Å²) in [5.74, 6) is 0.929. The molecule has 1 aromatic carbocycles. The van der Waals surface area contributed by atoms with Gasteiger partial charge in [-0.15, -0.1) is 11.3 Å². The average Bonchev–Trinajstić information content (AvgIpc) is 3.56. The number of hydrogen-bond acceptors (Lipinski definition) is 4. The van der Waals surface area contributed by atoms with E-state index in [0.29, 0.717) is 29.2 Å². The quantitative estimate of drug-likeness (QED) is 0.429. The van der Waals surface area contributed by atoms with Crippen LogP contribution in [-0.2, 0) is 6.54 Å². The van der Waals surface area contributed by atoms with Gasteiger partial charge in [-0.05, 0) is 60.6 Å². The Kier molecular flexibility index (Phi) is 5.63. The molecule has 0 saturated heterocycles. The van der Waals surface area contributed by atoms with Crippen LogP contribution in [0.25, 0.3) is 0 Å². The Labute approximate surface area is 185 Å². The molecule has 0 aliphatic heterocycles. The molecule has 1 saturated carbocycles. The van der Waals surface area contributed by atoms with E-state index in [1.165, 1.54) is 23.3 Å². The van der Waals surface area contributed by atoms with Gasteiger partial charge in [-0.1, -0.05) is 30.3 Å². The first-order valence-electron chi connectivity index (χ1n) is 10.6. The van der Waals surface area contributed by atoms with Crippen LogP contribution in [0.15, 0.2) is 78.6 Å². The van der Waals surface area contributed by atoms with Crippen molar-refractivity contribution in [3.8, 4) is 0 Å². The van der Waals surface area contributed by atoms with Gasteiger partial charge in [-0.2, -0.15) is 0 Å². The Morgan fingerprint density at radius 2 is 1.84 bits per heavy atom. The molecular weight excluding hydrogens is 404 g/mol. The van der Waals surface area contributed by atoms with Crippen molar-refractivity contribution in [3.05, 3.63) is 101 Å². The van der Waals surface area contributed by atoms with E-state index < -0.39 is 0 Å². The number of nitrogens with one attached hydrogen (secondary N) is 1. The number of anilines is 1. The molecule has 1 amide bonds. The van der Waals surface area contributed by atoms with Crippen LogP contribution in [0.3, 0.4) is 0 Å². The van der Waals surface area contributed by atoms with Gasteiger partial charge in [-0.3, -0.25) is 15.1 Å². The lowest BCUT2D eigenvalue weighted by atomic mass is 9.96. The van der Waals surface area contributed by atoms with Crippen LogP contribution in [0.2, 0.25) is 0 Å². The number of aromatic nitrogens is 3. The number of carbonyl (C=O) groups is 1. The first kappa shape index (κ1) is 19.7. The molecule has 156 valence electrons. The Hall–Kier alpha value is -3.25. The van der Waals surface area contributed by atoms with Crippen LogP contribution in [0.5, 0.6) is 0 Å². The molecule has 1 aliphatic carbocycles. The summed E-state index contributed by atoms with van der Waals surface area (Å²) in [4.78, 5) is 21.7. The lowest BCUT2D eigenvalue weighted by Crippen LogP contribution is -2.17. The van der Waals surface area contributed by atoms with E-state index >= 15 is 0 Å². The van der Waals surface area contributed by atoms with E-state index in [9.17, 15) is 4.79 Å². The van der Waals surface area contributed by atoms with Crippen LogP contribution < -0.4 is 5.32 Å². The van der Waals surface area contributed by atoms with E-state index in [2.05, 4.69) is 46.0 Å². The molecule has 2 atom stereocenters. The molecule has 5 nitrogen and oxygen atoms in total. The average molecular weight is 429 g/mol. The fourth-order valence-corrected chi connectivity index (χ4v) is 5.20. The van der Waals surface area contributed by atoms with Gasteiger partial charge in [0.2, 0.25) is 0 Å². The highest BCUT2D eigenvalue weighted by Crippen LogP contribution is 2.44. The maximum Gasteiger partial charge on any atom is 0.274 e. The standard InChI is InChI=1S/C25H24N4OS/c30-24(23-7-4-14-29(23)16-18-10-12-26-13-11-18)28-25-27-22(17-31-25)21-9-8-20(15-21)19-5-2-1-3-6-19/h1-7,10-14,17,20-21H,8-9,15-16H2,(H,27,28,30)/t20-,21-/m1/s1. The van der Waals surface area contributed by atoms with E-state index in [1.807, 2.05) is 35.0 Å². The molecule has 4 aromatic rings. The van der Waals surface area contributed by atoms with Gasteiger partial charge in [-0.25, -0.2) is 4.98 Å². The Balaban J connectivity index is 1.24.